The topological polar surface area (TPSA) is 58.9 Å². The lowest BCUT2D eigenvalue weighted by Gasteiger charge is -2.38. The van der Waals surface area contributed by atoms with Gasteiger partial charge in [0.25, 0.3) is 0 Å². The van der Waals surface area contributed by atoms with Gasteiger partial charge in [0.1, 0.15) is 6.10 Å². The van der Waals surface area contributed by atoms with Crippen LogP contribution >= 0.6 is 0 Å². The Hall–Kier alpha value is -0.160. The van der Waals surface area contributed by atoms with Gasteiger partial charge in [-0.1, -0.05) is 0 Å². The van der Waals surface area contributed by atoms with Crippen molar-refractivity contribution in [3.8, 4) is 0 Å². The van der Waals surface area contributed by atoms with Crippen LogP contribution in [0.4, 0.5) is 0 Å². The number of hydrogen-bond donors (Lipinski definition) is 2. The van der Waals surface area contributed by atoms with Crippen LogP contribution in [0, 0.1) is 0 Å². The monoisotopic (exact) mass is 162 g/mol. The molecule has 0 aromatic heterocycles. The SMILES string of the molecule is CO[C@@]1(C)C[C@@H](O)OC[C@H]1O. The molecule has 0 amide bonds. The third-order valence-electron chi connectivity index (χ3n) is 2.20. The van der Waals surface area contributed by atoms with Crippen molar-refractivity contribution in [1.29, 1.82) is 0 Å². The lowest BCUT2D eigenvalue weighted by Crippen LogP contribution is -2.51. The molecule has 4 nitrogen and oxygen atoms in total. The molecule has 0 aliphatic carbocycles. The minimum atomic E-state index is -0.816. The van der Waals surface area contributed by atoms with E-state index in [2.05, 4.69) is 0 Å². The van der Waals surface area contributed by atoms with Crippen molar-refractivity contribution >= 4 is 0 Å². The summed E-state index contributed by atoms with van der Waals surface area (Å²) in [6.07, 6.45) is -1.16. The number of aliphatic hydroxyl groups excluding tert-OH is 2. The molecule has 1 rings (SSSR count). The van der Waals surface area contributed by atoms with Crippen molar-refractivity contribution in [1.82, 2.24) is 0 Å². The number of hydrogen-bond acceptors (Lipinski definition) is 4. The van der Waals surface area contributed by atoms with E-state index in [-0.39, 0.29) is 6.61 Å². The van der Waals surface area contributed by atoms with Gasteiger partial charge < -0.3 is 19.7 Å². The quantitative estimate of drug-likeness (QED) is 0.545. The minimum absolute atomic E-state index is 0.130. The summed E-state index contributed by atoms with van der Waals surface area (Å²) >= 11 is 0. The molecule has 1 heterocycles. The zero-order valence-electron chi connectivity index (χ0n) is 6.78. The Kier molecular flexibility index (Phi) is 2.49. The summed E-state index contributed by atoms with van der Waals surface area (Å²) in [5, 5.41) is 18.5. The van der Waals surface area contributed by atoms with Gasteiger partial charge in [-0.05, 0) is 6.92 Å². The van der Waals surface area contributed by atoms with Gasteiger partial charge in [-0.15, -0.1) is 0 Å². The highest BCUT2D eigenvalue weighted by Gasteiger charge is 2.39. The highest BCUT2D eigenvalue weighted by Crippen LogP contribution is 2.26. The summed E-state index contributed by atoms with van der Waals surface area (Å²) in [5.74, 6) is 0. The van der Waals surface area contributed by atoms with Crippen LogP contribution in [0.3, 0.4) is 0 Å². The molecular weight excluding hydrogens is 148 g/mol. The first-order valence-corrected chi connectivity index (χ1v) is 3.61. The smallest absolute Gasteiger partial charge is 0.157 e. The Morgan fingerprint density at radius 3 is 2.64 bits per heavy atom. The van der Waals surface area contributed by atoms with Gasteiger partial charge in [-0.25, -0.2) is 0 Å². The molecule has 11 heavy (non-hydrogen) atoms. The third-order valence-corrected chi connectivity index (χ3v) is 2.20. The molecule has 0 radical (unpaired) electrons. The molecule has 2 N–H and O–H groups in total. The van der Waals surface area contributed by atoms with E-state index >= 15 is 0 Å². The van der Waals surface area contributed by atoms with Crippen molar-refractivity contribution in [2.45, 2.75) is 31.3 Å². The first-order chi connectivity index (χ1) is 5.08. The summed E-state index contributed by atoms with van der Waals surface area (Å²) in [7, 11) is 1.52. The molecule has 0 saturated carbocycles. The molecular formula is C7H14O4. The van der Waals surface area contributed by atoms with Crippen LogP contribution in [0.15, 0.2) is 0 Å². The van der Waals surface area contributed by atoms with E-state index in [4.69, 9.17) is 14.6 Å². The van der Waals surface area contributed by atoms with Crippen molar-refractivity contribution in [3.63, 3.8) is 0 Å². The van der Waals surface area contributed by atoms with Crippen LogP contribution in [-0.2, 0) is 9.47 Å². The summed E-state index contributed by atoms with van der Waals surface area (Å²) in [6.45, 7) is 1.88. The van der Waals surface area contributed by atoms with Crippen LogP contribution in [0.5, 0.6) is 0 Å². The van der Waals surface area contributed by atoms with Gasteiger partial charge >= 0.3 is 0 Å². The number of rotatable bonds is 1. The molecule has 1 aliphatic heterocycles. The zero-order valence-corrected chi connectivity index (χ0v) is 6.78. The van der Waals surface area contributed by atoms with Crippen LogP contribution in [0.25, 0.3) is 0 Å². The lowest BCUT2D eigenvalue weighted by atomic mass is 9.93. The third kappa shape index (κ3) is 1.70. The van der Waals surface area contributed by atoms with E-state index < -0.39 is 18.0 Å². The summed E-state index contributed by atoms with van der Waals surface area (Å²) in [5.41, 5.74) is -0.669. The van der Waals surface area contributed by atoms with Crippen molar-refractivity contribution < 1.29 is 19.7 Å². The van der Waals surface area contributed by atoms with Crippen LogP contribution < -0.4 is 0 Å². The van der Waals surface area contributed by atoms with Crippen molar-refractivity contribution in [2.24, 2.45) is 0 Å². The summed E-state index contributed by atoms with van der Waals surface area (Å²) < 4.78 is 9.88. The van der Waals surface area contributed by atoms with Crippen molar-refractivity contribution in [2.75, 3.05) is 13.7 Å². The minimum Gasteiger partial charge on any atom is -0.388 e. The standard InChI is InChI=1S/C7H14O4/c1-7(10-2)3-6(9)11-4-5(7)8/h5-6,8-9H,3-4H2,1-2H3/t5-,6+,7+/m1/s1. The maximum absolute atomic E-state index is 9.38. The highest BCUT2D eigenvalue weighted by atomic mass is 16.6. The normalized spacial score (nSPS) is 45.8. The summed E-state index contributed by atoms with van der Waals surface area (Å²) in [4.78, 5) is 0. The Bertz CT molecular complexity index is 138. The molecule has 1 aliphatic rings. The molecule has 1 fully saturated rings. The first kappa shape index (κ1) is 8.93. The Labute approximate surface area is 65.7 Å². The Morgan fingerprint density at radius 1 is 1.55 bits per heavy atom. The fourth-order valence-corrected chi connectivity index (χ4v) is 1.14. The average molecular weight is 162 g/mol. The molecule has 0 bridgehead atoms. The molecule has 4 heteroatoms. The second-order valence-corrected chi connectivity index (χ2v) is 3.02. The molecule has 3 atom stereocenters. The fraction of sp³-hybridized carbons (Fsp3) is 1.00. The van der Waals surface area contributed by atoms with Gasteiger partial charge in [-0.2, -0.15) is 0 Å². The highest BCUT2D eigenvalue weighted by molar-refractivity contribution is 4.87. The maximum Gasteiger partial charge on any atom is 0.157 e. The first-order valence-electron chi connectivity index (χ1n) is 3.61. The Morgan fingerprint density at radius 2 is 2.18 bits per heavy atom. The molecule has 1 saturated heterocycles. The van der Waals surface area contributed by atoms with Gasteiger partial charge in [0, 0.05) is 13.5 Å². The molecule has 0 unspecified atom stereocenters. The van der Waals surface area contributed by atoms with E-state index in [1.165, 1.54) is 7.11 Å². The Balaban J connectivity index is 2.60. The van der Waals surface area contributed by atoms with E-state index in [1.807, 2.05) is 0 Å². The predicted octanol–water partition coefficient (Wildman–Crippen LogP) is -0.509. The number of aliphatic hydroxyl groups is 2. The van der Waals surface area contributed by atoms with Crippen LogP contribution in [0.2, 0.25) is 0 Å². The molecule has 0 aromatic rings. The van der Waals surface area contributed by atoms with E-state index in [0.29, 0.717) is 6.42 Å². The predicted molar refractivity (Wildman–Crippen MR) is 38.0 cm³/mol. The summed E-state index contributed by atoms with van der Waals surface area (Å²) in [6, 6.07) is 0. The fourth-order valence-electron chi connectivity index (χ4n) is 1.14. The maximum atomic E-state index is 9.38. The van der Waals surface area contributed by atoms with Gasteiger partial charge in [0.05, 0.1) is 12.2 Å². The molecule has 0 spiro atoms. The van der Waals surface area contributed by atoms with E-state index in [1.54, 1.807) is 6.92 Å². The largest absolute Gasteiger partial charge is 0.388 e. The lowest BCUT2D eigenvalue weighted by molar-refractivity contribution is -0.235. The number of ether oxygens (including phenoxy) is 2. The van der Waals surface area contributed by atoms with E-state index in [0.717, 1.165) is 0 Å². The van der Waals surface area contributed by atoms with Crippen LogP contribution in [-0.4, -0.2) is 41.9 Å². The molecule has 0 aromatic carbocycles. The molecule has 66 valence electrons. The van der Waals surface area contributed by atoms with E-state index in [9.17, 15) is 5.11 Å². The van der Waals surface area contributed by atoms with Gasteiger partial charge in [0.15, 0.2) is 6.29 Å². The number of methoxy groups -OCH3 is 1. The van der Waals surface area contributed by atoms with Crippen molar-refractivity contribution in [3.05, 3.63) is 0 Å². The van der Waals surface area contributed by atoms with Gasteiger partial charge in [0.2, 0.25) is 0 Å². The zero-order chi connectivity index (χ0) is 8.48. The average Bonchev–Trinajstić information content (AvgIpc) is 1.98. The second-order valence-electron chi connectivity index (χ2n) is 3.02. The van der Waals surface area contributed by atoms with Crippen LogP contribution in [0.1, 0.15) is 13.3 Å². The van der Waals surface area contributed by atoms with Gasteiger partial charge in [-0.3, -0.25) is 0 Å². The second kappa shape index (κ2) is 3.06.